The summed E-state index contributed by atoms with van der Waals surface area (Å²) in [5, 5.41) is 2.74. The molecule has 4 nitrogen and oxygen atoms in total. The van der Waals surface area contributed by atoms with Crippen molar-refractivity contribution in [2.24, 2.45) is 5.92 Å². The molecule has 1 fully saturated rings. The second-order valence-corrected chi connectivity index (χ2v) is 6.01. The van der Waals surface area contributed by atoms with Crippen molar-refractivity contribution in [1.29, 1.82) is 0 Å². The molecule has 0 aliphatic heterocycles. The van der Waals surface area contributed by atoms with Crippen LogP contribution in [0.5, 0.6) is 0 Å². The van der Waals surface area contributed by atoms with Gasteiger partial charge in [-0.05, 0) is 19.8 Å². The maximum atomic E-state index is 12.9. The summed E-state index contributed by atoms with van der Waals surface area (Å²) in [4.78, 5) is 16.2. The van der Waals surface area contributed by atoms with Crippen LogP contribution in [0.2, 0.25) is 0 Å². The highest BCUT2D eigenvalue weighted by molar-refractivity contribution is 7.17. The van der Waals surface area contributed by atoms with E-state index >= 15 is 0 Å². The number of carbonyl (C=O) groups is 1. The van der Waals surface area contributed by atoms with Gasteiger partial charge in [0.15, 0.2) is 5.13 Å². The molecule has 0 spiro atoms. The molecule has 0 aromatic carbocycles. The second-order valence-electron chi connectivity index (χ2n) is 4.98. The summed E-state index contributed by atoms with van der Waals surface area (Å²) < 4.78 is 38.8. The maximum absolute atomic E-state index is 12.9. The first kappa shape index (κ1) is 15.1. The molecule has 0 radical (unpaired) electrons. The van der Waals surface area contributed by atoms with E-state index in [4.69, 9.17) is 5.73 Å². The van der Waals surface area contributed by atoms with E-state index in [1.165, 1.54) is 0 Å². The van der Waals surface area contributed by atoms with Gasteiger partial charge in [-0.15, -0.1) is 0 Å². The molecule has 1 aliphatic carbocycles. The van der Waals surface area contributed by atoms with Crippen LogP contribution in [0.25, 0.3) is 0 Å². The SMILES string of the molecule is Cc1nc(N)sc1C(=O)NC1CCCCC1C(F)(F)F. The number of hydrogen-bond donors (Lipinski definition) is 2. The van der Waals surface area contributed by atoms with Gasteiger partial charge in [0, 0.05) is 6.04 Å². The van der Waals surface area contributed by atoms with Gasteiger partial charge in [-0.3, -0.25) is 4.79 Å². The molecular formula is C12H16F3N3OS. The topological polar surface area (TPSA) is 68.0 Å². The number of hydrogen-bond acceptors (Lipinski definition) is 4. The van der Waals surface area contributed by atoms with Crippen molar-refractivity contribution in [2.75, 3.05) is 5.73 Å². The van der Waals surface area contributed by atoms with E-state index < -0.39 is 24.0 Å². The number of thiazole rings is 1. The number of rotatable bonds is 2. The summed E-state index contributed by atoms with van der Waals surface area (Å²) in [7, 11) is 0. The third-order valence-corrected chi connectivity index (χ3v) is 4.51. The molecule has 2 unspecified atom stereocenters. The highest BCUT2D eigenvalue weighted by Gasteiger charge is 2.46. The lowest BCUT2D eigenvalue weighted by Gasteiger charge is -2.33. The van der Waals surface area contributed by atoms with Gasteiger partial charge in [-0.1, -0.05) is 24.2 Å². The first-order valence-electron chi connectivity index (χ1n) is 6.39. The molecule has 3 N–H and O–H groups in total. The Hall–Kier alpha value is -1.31. The van der Waals surface area contributed by atoms with Gasteiger partial charge < -0.3 is 11.1 Å². The van der Waals surface area contributed by atoms with Gasteiger partial charge in [0.2, 0.25) is 0 Å². The fourth-order valence-electron chi connectivity index (χ4n) is 2.56. The third kappa shape index (κ3) is 3.23. The number of alkyl halides is 3. The van der Waals surface area contributed by atoms with Crippen LogP contribution in [0.15, 0.2) is 0 Å². The zero-order valence-corrected chi connectivity index (χ0v) is 11.8. The summed E-state index contributed by atoms with van der Waals surface area (Å²) in [6.45, 7) is 1.61. The van der Waals surface area contributed by atoms with Crippen molar-refractivity contribution in [3.05, 3.63) is 10.6 Å². The molecule has 2 rings (SSSR count). The minimum Gasteiger partial charge on any atom is -0.375 e. The molecule has 0 saturated heterocycles. The number of nitrogen functional groups attached to an aromatic ring is 1. The largest absolute Gasteiger partial charge is 0.393 e. The van der Waals surface area contributed by atoms with Crippen LogP contribution in [0.1, 0.15) is 41.0 Å². The van der Waals surface area contributed by atoms with Gasteiger partial charge in [-0.25, -0.2) is 4.98 Å². The Bertz CT molecular complexity index is 501. The van der Waals surface area contributed by atoms with Crippen molar-refractivity contribution in [1.82, 2.24) is 10.3 Å². The van der Waals surface area contributed by atoms with E-state index in [-0.39, 0.29) is 16.4 Å². The summed E-state index contributed by atoms with van der Waals surface area (Å²) in [6.07, 6.45) is -2.62. The van der Waals surface area contributed by atoms with Crippen LogP contribution in [-0.4, -0.2) is 23.1 Å². The summed E-state index contributed by atoms with van der Waals surface area (Å²) >= 11 is 0.993. The fraction of sp³-hybridized carbons (Fsp3) is 0.667. The van der Waals surface area contributed by atoms with Crippen LogP contribution in [0.4, 0.5) is 18.3 Å². The predicted octanol–water partition coefficient (Wildman–Crippen LogP) is 2.88. The number of nitrogens with zero attached hydrogens (tertiary/aromatic N) is 1. The lowest BCUT2D eigenvalue weighted by Crippen LogP contribution is -2.47. The number of amides is 1. The smallest absolute Gasteiger partial charge is 0.375 e. The average Bonchev–Trinajstić information content (AvgIpc) is 2.68. The van der Waals surface area contributed by atoms with Crippen LogP contribution in [0.3, 0.4) is 0 Å². The minimum atomic E-state index is -4.28. The molecule has 1 amide bonds. The highest BCUT2D eigenvalue weighted by atomic mass is 32.1. The molecule has 2 atom stereocenters. The Morgan fingerprint density at radius 2 is 2.05 bits per heavy atom. The van der Waals surface area contributed by atoms with E-state index in [1.54, 1.807) is 6.92 Å². The van der Waals surface area contributed by atoms with Crippen LogP contribution >= 0.6 is 11.3 Å². The van der Waals surface area contributed by atoms with E-state index in [1.807, 2.05) is 0 Å². The van der Waals surface area contributed by atoms with Gasteiger partial charge in [0.25, 0.3) is 5.91 Å². The number of aromatic nitrogens is 1. The number of aryl methyl sites for hydroxylation is 1. The summed E-state index contributed by atoms with van der Waals surface area (Å²) in [5.74, 6) is -1.98. The molecule has 1 aliphatic rings. The monoisotopic (exact) mass is 307 g/mol. The molecule has 8 heteroatoms. The quantitative estimate of drug-likeness (QED) is 0.883. The van der Waals surface area contributed by atoms with Crippen molar-refractivity contribution in [3.8, 4) is 0 Å². The van der Waals surface area contributed by atoms with E-state index in [2.05, 4.69) is 10.3 Å². The van der Waals surface area contributed by atoms with Crippen molar-refractivity contribution in [2.45, 2.75) is 44.8 Å². The normalized spacial score (nSPS) is 23.6. The van der Waals surface area contributed by atoms with Crippen LogP contribution in [-0.2, 0) is 0 Å². The third-order valence-electron chi connectivity index (χ3n) is 3.52. The van der Waals surface area contributed by atoms with Crippen molar-refractivity contribution >= 4 is 22.4 Å². The van der Waals surface area contributed by atoms with E-state index in [0.717, 1.165) is 11.3 Å². The molecule has 1 aromatic rings. The number of carbonyl (C=O) groups excluding carboxylic acids is 1. The first-order valence-corrected chi connectivity index (χ1v) is 7.21. The number of halogens is 3. The van der Waals surface area contributed by atoms with Gasteiger partial charge >= 0.3 is 6.18 Å². The van der Waals surface area contributed by atoms with Gasteiger partial charge in [-0.2, -0.15) is 13.2 Å². The Labute approximate surface area is 118 Å². The number of nitrogens with one attached hydrogen (secondary N) is 1. The second kappa shape index (κ2) is 5.59. The summed E-state index contributed by atoms with van der Waals surface area (Å²) in [6, 6.07) is -0.862. The number of nitrogens with two attached hydrogens (primary N) is 1. The average molecular weight is 307 g/mol. The lowest BCUT2D eigenvalue weighted by atomic mass is 9.84. The van der Waals surface area contributed by atoms with Gasteiger partial charge in [0.1, 0.15) is 4.88 Å². The highest BCUT2D eigenvalue weighted by Crippen LogP contribution is 2.38. The number of anilines is 1. The van der Waals surface area contributed by atoms with E-state index in [9.17, 15) is 18.0 Å². The lowest BCUT2D eigenvalue weighted by molar-refractivity contribution is -0.187. The maximum Gasteiger partial charge on any atom is 0.393 e. The molecule has 1 heterocycles. The van der Waals surface area contributed by atoms with Crippen molar-refractivity contribution < 1.29 is 18.0 Å². The van der Waals surface area contributed by atoms with Crippen LogP contribution in [0, 0.1) is 12.8 Å². The Morgan fingerprint density at radius 3 is 2.60 bits per heavy atom. The molecular weight excluding hydrogens is 291 g/mol. The van der Waals surface area contributed by atoms with Crippen molar-refractivity contribution in [3.63, 3.8) is 0 Å². The molecule has 112 valence electrons. The van der Waals surface area contributed by atoms with Crippen LogP contribution < -0.4 is 11.1 Å². The summed E-state index contributed by atoms with van der Waals surface area (Å²) in [5.41, 5.74) is 5.94. The molecule has 1 saturated carbocycles. The zero-order valence-electron chi connectivity index (χ0n) is 11.0. The Morgan fingerprint density at radius 1 is 1.40 bits per heavy atom. The predicted molar refractivity (Wildman–Crippen MR) is 70.5 cm³/mol. The zero-order chi connectivity index (χ0) is 14.9. The Kier molecular flexibility index (Phi) is 4.22. The molecule has 1 aromatic heterocycles. The first-order chi connectivity index (χ1) is 9.29. The standard InChI is InChI=1S/C12H16F3N3OS/c1-6-9(20-11(16)17-6)10(19)18-8-5-3-2-4-7(8)12(13,14)15/h7-8H,2-5H2,1H3,(H2,16,17)(H,18,19). The molecule has 20 heavy (non-hydrogen) atoms. The fourth-order valence-corrected chi connectivity index (χ4v) is 3.29. The Balaban J connectivity index is 2.11. The molecule has 0 bridgehead atoms. The van der Waals surface area contributed by atoms with Gasteiger partial charge in [0.05, 0.1) is 11.6 Å². The van der Waals surface area contributed by atoms with E-state index in [0.29, 0.717) is 25.0 Å². The minimum absolute atomic E-state index is 0.0677.